The maximum atomic E-state index is 3.49. The Kier molecular flexibility index (Phi) is 4.33. The molecule has 0 aromatic carbocycles. The van der Waals surface area contributed by atoms with Crippen molar-refractivity contribution in [2.75, 3.05) is 0 Å². The third kappa shape index (κ3) is 3.37. The third-order valence-electron chi connectivity index (χ3n) is 1.96. The molecule has 0 saturated heterocycles. The Morgan fingerprint density at radius 1 is 1.58 bits per heavy atom. The average molecular weight is 183 g/mol. The SMILES string of the molecule is CCC[C@H](C)NCc1ccsc1. The summed E-state index contributed by atoms with van der Waals surface area (Å²) in [7, 11) is 0. The monoisotopic (exact) mass is 183 g/mol. The first-order chi connectivity index (χ1) is 5.83. The maximum absolute atomic E-state index is 3.49. The van der Waals surface area contributed by atoms with Crippen molar-refractivity contribution in [3.63, 3.8) is 0 Å². The van der Waals surface area contributed by atoms with Gasteiger partial charge in [0.1, 0.15) is 0 Å². The van der Waals surface area contributed by atoms with Gasteiger partial charge in [-0.25, -0.2) is 0 Å². The van der Waals surface area contributed by atoms with E-state index < -0.39 is 0 Å². The van der Waals surface area contributed by atoms with Crippen LogP contribution in [0.2, 0.25) is 0 Å². The standard InChI is InChI=1S/C10H17NS/c1-3-4-9(2)11-7-10-5-6-12-8-10/h5-6,8-9,11H,3-4,7H2,1-2H3/t9-/m0/s1. The van der Waals surface area contributed by atoms with Crippen molar-refractivity contribution in [1.29, 1.82) is 0 Å². The lowest BCUT2D eigenvalue weighted by atomic mass is 10.2. The Balaban J connectivity index is 2.17. The van der Waals surface area contributed by atoms with Crippen LogP contribution in [0.1, 0.15) is 32.3 Å². The summed E-state index contributed by atoms with van der Waals surface area (Å²) < 4.78 is 0. The molecule has 0 spiro atoms. The fraction of sp³-hybridized carbons (Fsp3) is 0.600. The second-order valence-corrected chi connectivity index (χ2v) is 3.98. The highest BCUT2D eigenvalue weighted by Gasteiger charge is 1.99. The fourth-order valence-corrected chi connectivity index (χ4v) is 1.89. The van der Waals surface area contributed by atoms with Crippen LogP contribution < -0.4 is 5.32 Å². The molecule has 0 amide bonds. The van der Waals surface area contributed by atoms with Crippen LogP contribution in [0.3, 0.4) is 0 Å². The van der Waals surface area contributed by atoms with Crippen molar-refractivity contribution >= 4 is 11.3 Å². The van der Waals surface area contributed by atoms with E-state index in [2.05, 4.69) is 36.0 Å². The molecule has 1 nitrogen and oxygen atoms in total. The van der Waals surface area contributed by atoms with E-state index in [1.54, 1.807) is 11.3 Å². The highest BCUT2D eigenvalue weighted by Crippen LogP contribution is 2.06. The quantitative estimate of drug-likeness (QED) is 0.740. The van der Waals surface area contributed by atoms with Gasteiger partial charge in [0.05, 0.1) is 0 Å². The van der Waals surface area contributed by atoms with Gasteiger partial charge in [-0.05, 0) is 35.7 Å². The lowest BCUT2D eigenvalue weighted by Crippen LogP contribution is -2.24. The van der Waals surface area contributed by atoms with Gasteiger partial charge in [0.2, 0.25) is 0 Å². The second kappa shape index (κ2) is 5.33. The van der Waals surface area contributed by atoms with Crippen LogP contribution in [-0.2, 0) is 6.54 Å². The van der Waals surface area contributed by atoms with Crippen LogP contribution in [0.25, 0.3) is 0 Å². The van der Waals surface area contributed by atoms with Crippen molar-refractivity contribution < 1.29 is 0 Å². The predicted molar refractivity (Wildman–Crippen MR) is 55.5 cm³/mol. The van der Waals surface area contributed by atoms with E-state index in [1.807, 2.05) is 0 Å². The number of hydrogen-bond donors (Lipinski definition) is 1. The Morgan fingerprint density at radius 2 is 2.42 bits per heavy atom. The molecule has 12 heavy (non-hydrogen) atoms. The summed E-state index contributed by atoms with van der Waals surface area (Å²) in [5, 5.41) is 7.82. The van der Waals surface area contributed by atoms with Gasteiger partial charge in [0, 0.05) is 12.6 Å². The molecule has 0 saturated carbocycles. The molecule has 1 atom stereocenters. The van der Waals surface area contributed by atoms with Crippen LogP contribution in [0.4, 0.5) is 0 Å². The first-order valence-corrected chi connectivity index (χ1v) is 5.51. The Labute approximate surface area is 78.8 Å². The zero-order valence-corrected chi connectivity index (χ0v) is 8.66. The van der Waals surface area contributed by atoms with Gasteiger partial charge in [0.25, 0.3) is 0 Å². The summed E-state index contributed by atoms with van der Waals surface area (Å²) in [5.41, 5.74) is 1.41. The van der Waals surface area contributed by atoms with Crippen LogP contribution >= 0.6 is 11.3 Å². The number of rotatable bonds is 5. The molecule has 0 bridgehead atoms. The van der Waals surface area contributed by atoms with Crippen molar-refractivity contribution in [1.82, 2.24) is 5.32 Å². The van der Waals surface area contributed by atoms with Crippen LogP contribution in [0, 0.1) is 0 Å². The van der Waals surface area contributed by atoms with Gasteiger partial charge in [-0.3, -0.25) is 0 Å². The molecule has 1 rings (SSSR count). The van der Waals surface area contributed by atoms with Crippen molar-refractivity contribution in [2.45, 2.75) is 39.3 Å². The molecule has 1 aromatic rings. The van der Waals surface area contributed by atoms with E-state index in [0.29, 0.717) is 6.04 Å². The number of thiophene rings is 1. The first kappa shape index (κ1) is 9.75. The summed E-state index contributed by atoms with van der Waals surface area (Å²) in [6.07, 6.45) is 2.53. The zero-order chi connectivity index (χ0) is 8.81. The zero-order valence-electron chi connectivity index (χ0n) is 7.84. The molecule has 1 aromatic heterocycles. The Hall–Kier alpha value is -0.340. The molecule has 1 N–H and O–H groups in total. The summed E-state index contributed by atoms with van der Waals surface area (Å²) in [5.74, 6) is 0. The largest absolute Gasteiger partial charge is 0.310 e. The van der Waals surface area contributed by atoms with Crippen molar-refractivity contribution in [2.24, 2.45) is 0 Å². The molecule has 68 valence electrons. The van der Waals surface area contributed by atoms with Crippen molar-refractivity contribution in [3.05, 3.63) is 22.4 Å². The molecule has 0 aliphatic heterocycles. The normalized spacial score (nSPS) is 13.2. The maximum Gasteiger partial charge on any atom is 0.0216 e. The minimum atomic E-state index is 0.648. The topological polar surface area (TPSA) is 12.0 Å². The lowest BCUT2D eigenvalue weighted by molar-refractivity contribution is 0.509. The van der Waals surface area contributed by atoms with Crippen molar-refractivity contribution in [3.8, 4) is 0 Å². The van der Waals surface area contributed by atoms with E-state index in [-0.39, 0.29) is 0 Å². The first-order valence-electron chi connectivity index (χ1n) is 4.57. The van der Waals surface area contributed by atoms with Gasteiger partial charge in [-0.1, -0.05) is 13.3 Å². The highest BCUT2D eigenvalue weighted by molar-refractivity contribution is 7.07. The average Bonchev–Trinajstić information content (AvgIpc) is 2.53. The van der Waals surface area contributed by atoms with E-state index in [0.717, 1.165) is 6.54 Å². The van der Waals surface area contributed by atoms with Crippen LogP contribution in [-0.4, -0.2) is 6.04 Å². The smallest absolute Gasteiger partial charge is 0.0216 e. The fourth-order valence-electron chi connectivity index (χ4n) is 1.22. The molecule has 0 aliphatic carbocycles. The number of nitrogens with one attached hydrogen (secondary N) is 1. The van der Waals surface area contributed by atoms with Gasteiger partial charge < -0.3 is 5.32 Å². The van der Waals surface area contributed by atoms with Gasteiger partial charge in [-0.15, -0.1) is 0 Å². The van der Waals surface area contributed by atoms with E-state index in [4.69, 9.17) is 0 Å². The lowest BCUT2D eigenvalue weighted by Gasteiger charge is -2.11. The molecule has 1 heterocycles. The summed E-state index contributed by atoms with van der Waals surface area (Å²) in [4.78, 5) is 0. The summed E-state index contributed by atoms with van der Waals surface area (Å²) in [6, 6.07) is 2.82. The van der Waals surface area contributed by atoms with Crippen LogP contribution in [0.5, 0.6) is 0 Å². The molecular weight excluding hydrogens is 166 g/mol. The minimum absolute atomic E-state index is 0.648. The van der Waals surface area contributed by atoms with E-state index in [1.165, 1.54) is 18.4 Å². The van der Waals surface area contributed by atoms with E-state index >= 15 is 0 Å². The third-order valence-corrected chi connectivity index (χ3v) is 2.69. The molecule has 0 aliphatic rings. The number of hydrogen-bond acceptors (Lipinski definition) is 2. The van der Waals surface area contributed by atoms with Crippen LogP contribution in [0.15, 0.2) is 16.8 Å². The molecule has 0 unspecified atom stereocenters. The van der Waals surface area contributed by atoms with Gasteiger partial charge >= 0.3 is 0 Å². The molecule has 0 fully saturated rings. The second-order valence-electron chi connectivity index (χ2n) is 3.20. The molecule has 0 radical (unpaired) electrons. The van der Waals surface area contributed by atoms with Gasteiger partial charge in [0.15, 0.2) is 0 Å². The summed E-state index contributed by atoms with van der Waals surface area (Å²) in [6.45, 7) is 5.49. The minimum Gasteiger partial charge on any atom is -0.310 e. The predicted octanol–water partition coefficient (Wildman–Crippen LogP) is 3.03. The highest BCUT2D eigenvalue weighted by atomic mass is 32.1. The Morgan fingerprint density at radius 3 is 3.00 bits per heavy atom. The Bertz CT molecular complexity index is 194. The van der Waals surface area contributed by atoms with E-state index in [9.17, 15) is 0 Å². The summed E-state index contributed by atoms with van der Waals surface area (Å²) >= 11 is 1.76. The molecular formula is C10H17NS. The molecule has 2 heteroatoms. The van der Waals surface area contributed by atoms with Gasteiger partial charge in [-0.2, -0.15) is 11.3 Å².